The van der Waals surface area contributed by atoms with Gasteiger partial charge in [-0.15, -0.1) is 0 Å². The number of aryl methyl sites for hydroxylation is 1. The molecule has 0 saturated carbocycles. The third-order valence-corrected chi connectivity index (χ3v) is 2.43. The first kappa shape index (κ1) is 13.6. The third-order valence-electron chi connectivity index (χ3n) is 2.43. The van der Waals surface area contributed by atoms with Crippen molar-refractivity contribution in [3.63, 3.8) is 0 Å². The van der Waals surface area contributed by atoms with Gasteiger partial charge in [-0.1, -0.05) is 6.92 Å². The number of amides is 1. The van der Waals surface area contributed by atoms with Crippen molar-refractivity contribution in [2.75, 3.05) is 26.0 Å². The van der Waals surface area contributed by atoms with Gasteiger partial charge in [-0.05, 0) is 18.9 Å². The molecule has 0 radical (unpaired) electrons. The Kier molecular flexibility index (Phi) is 5.56. The number of nitrogens with zero attached hydrogens (tertiary/aromatic N) is 1. The first-order valence-corrected chi connectivity index (χ1v) is 5.91. The van der Waals surface area contributed by atoms with Gasteiger partial charge >= 0.3 is 0 Å². The second-order valence-electron chi connectivity index (χ2n) is 3.95. The Morgan fingerprint density at radius 2 is 2.35 bits per heavy atom. The normalized spacial score (nSPS) is 10.5. The van der Waals surface area contributed by atoms with E-state index < -0.39 is 0 Å². The Labute approximate surface area is 102 Å². The van der Waals surface area contributed by atoms with Crippen molar-refractivity contribution in [1.29, 1.82) is 0 Å². The fourth-order valence-electron chi connectivity index (χ4n) is 1.66. The fourth-order valence-corrected chi connectivity index (χ4v) is 1.66. The minimum Gasteiger partial charge on any atom is -0.397 e. The Balaban J connectivity index is 2.55. The Bertz CT molecular complexity index is 361. The quantitative estimate of drug-likeness (QED) is 0.703. The highest BCUT2D eigenvalue weighted by molar-refractivity contribution is 5.93. The number of carbonyl (C=O) groups excluding carboxylic acids is 1. The van der Waals surface area contributed by atoms with E-state index >= 15 is 0 Å². The van der Waals surface area contributed by atoms with Crippen LogP contribution < -0.4 is 11.1 Å². The lowest BCUT2D eigenvalue weighted by atomic mass is 10.3. The number of rotatable bonds is 7. The van der Waals surface area contributed by atoms with Crippen molar-refractivity contribution in [1.82, 2.24) is 9.88 Å². The Morgan fingerprint density at radius 3 is 3.00 bits per heavy atom. The number of ether oxygens (including phenoxy) is 1. The summed E-state index contributed by atoms with van der Waals surface area (Å²) < 4.78 is 6.81. The molecule has 1 aromatic heterocycles. The van der Waals surface area contributed by atoms with Gasteiger partial charge in [-0.25, -0.2) is 0 Å². The second kappa shape index (κ2) is 6.96. The zero-order valence-corrected chi connectivity index (χ0v) is 10.5. The van der Waals surface area contributed by atoms with Gasteiger partial charge in [0.1, 0.15) is 5.69 Å². The summed E-state index contributed by atoms with van der Waals surface area (Å²) in [5.41, 5.74) is 6.96. The number of nitrogens with one attached hydrogen (secondary N) is 1. The van der Waals surface area contributed by atoms with Crippen LogP contribution in [0.3, 0.4) is 0 Å². The van der Waals surface area contributed by atoms with Gasteiger partial charge in [0.25, 0.3) is 5.91 Å². The highest BCUT2D eigenvalue weighted by Gasteiger charge is 2.11. The van der Waals surface area contributed by atoms with E-state index in [4.69, 9.17) is 10.5 Å². The molecule has 1 aromatic rings. The molecule has 0 aromatic carbocycles. The number of aromatic nitrogens is 1. The summed E-state index contributed by atoms with van der Waals surface area (Å²) >= 11 is 0. The molecule has 1 amide bonds. The lowest BCUT2D eigenvalue weighted by molar-refractivity contribution is 0.0939. The van der Waals surface area contributed by atoms with Crippen LogP contribution in [0.25, 0.3) is 0 Å². The van der Waals surface area contributed by atoms with E-state index in [1.807, 2.05) is 4.57 Å². The maximum absolute atomic E-state index is 11.9. The van der Waals surface area contributed by atoms with Gasteiger partial charge in [0, 0.05) is 33.0 Å². The first-order chi connectivity index (χ1) is 8.19. The molecule has 5 nitrogen and oxygen atoms in total. The van der Waals surface area contributed by atoms with E-state index in [2.05, 4.69) is 12.2 Å². The summed E-state index contributed by atoms with van der Waals surface area (Å²) in [4.78, 5) is 11.9. The molecule has 17 heavy (non-hydrogen) atoms. The number of anilines is 1. The van der Waals surface area contributed by atoms with E-state index in [1.165, 1.54) is 0 Å². The molecule has 0 aliphatic carbocycles. The topological polar surface area (TPSA) is 69.3 Å². The molecule has 1 rings (SSSR count). The minimum atomic E-state index is -0.0775. The fraction of sp³-hybridized carbons (Fsp3) is 0.583. The summed E-state index contributed by atoms with van der Waals surface area (Å²) in [7, 11) is 1.65. The zero-order chi connectivity index (χ0) is 12.7. The number of hydrogen-bond donors (Lipinski definition) is 2. The number of hydrogen-bond acceptors (Lipinski definition) is 3. The lowest BCUT2D eigenvalue weighted by Gasteiger charge is -2.08. The van der Waals surface area contributed by atoms with Gasteiger partial charge in [0.15, 0.2) is 0 Å². The Hall–Kier alpha value is -1.49. The monoisotopic (exact) mass is 239 g/mol. The van der Waals surface area contributed by atoms with Crippen LogP contribution in [0.2, 0.25) is 0 Å². The molecule has 0 bridgehead atoms. The van der Waals surface area contributed by atoms with Crippen LogP contribution >= 0.6 is 0 Å². The van der Waals surface area contributed by atoms with E-state index in [0.717, 1.165) is 19.4 Å². The van der Waals surface area contributed by atoms with E-state index in [1.54, 1.807) is 19.4 Å². The van der Waals surface area contributed by atoms with Crippen molar-refractivity contribution in [2.24, 2.45) is 0 Å². The average Bonchev–Trinajstić information content (AvgIpc) is 2.66. The van der Waals surface area contributed by atoms with Crippen LogP contribution in [0.15, 0.2) is 12.3 Å². The standard InChI is InChI=1S/C12H21N3O2/c1-3-6-15-9-10(13)8-11(15)12(16)14-5-4-7-17-2/h8-9H,3-7,13H2,1-2H3,(H,14,16). The molecule has 5 heteroatoms. The number of carbonyl (C=O) groups is 1. The smallest absolute Gasteiger partial charge is 0.267 e. The number of methoxy groups -OCH3 is 1. The molecule has 0 aliphatic heterocycles. The first-order valence-electron chi connectivity index (χ1n) is 5.91. The largest absolute Gasteiger partial charge is 0.397 e. The number of nitrogen functional groups attached to an aromatic ring is 1. The van der Waals surface area contributed by atoms with Crippen molar-refractivity contribution < 1.29 is 9.53 Å². The molecular weight excluding hydrogens is 218 g/mol. The molecule has 3 N–H and O–H groups in total. The molecule has 0 atom stereocenters. The molecule has 0 aliphatic rings. The summed E-state index contributed by atoms with van der Waals surface area (Å²) in [5, 5.41) is 2.85. The molecule has 0 unspecified atom stereocenters. The van der Waals surface area contributed by atoms with Crippen LogP contribution in [-0.2, 0) is 11.3 Å². The van der Waals surface area contributed by atoms with Gasteiger partial charge in [0.2, 0.25) is 0 Å². The maximum atomic E-state index is 11.9. The van der Waals surface area contributed by atoms with Crippen molar-refractivity contribution in [2.45, 2.75) is 26.3 Å². The molecule has 0 saturated heterocycles. The Morgan fingerprint density at radius 1 is 1.59 bits per heavy atom. The zero-order valence-electron chi connectivity index (χ0n) is 10.5. The van der Waals surface area contributed by atoms with E-state index in [0.29, 0.717) is 24.5 Å². The molecule has 96 valence electrons. The van der Waals surface area contributed by atoms with Crippen LogP contribution in [0.4, 0.5) is 5.69 Å². The van der Waals surface area contributed by atoms with Crippen LogP contribution in [0.5, 0.6) is 0 Å². The summed E-state index contributed by atoms with van der Waals surface area (Å²) in [6, 6.07) is 1.71. The molecule has 0 spiro atoms. The average molecular weight is 239 g/mol. The predicted molar refractivity (Wildman–Crippen MR) is 68.0 cm³/mol. The highest BCUT2D eigenvalue weighted by Crippen LogP contribution is 2.11. The van der Waals surface area contributed by atoms with Crippen LogP contribution in [0, 0.1) is 0 Å². The summed E-state index contributed by atoms with van der Waals surface area (Å²) in [5.74, 6) is -0.0775. The van der Waals surface area contributed by atoms with E-state index in [9.17, 15) is 4.79 Å². The molecular formula is C12H21N3O2. The molecule has 1 heterocycles. The third kappa shape index (κ3) is 4.11. The van der Waals surface area contributed by atoms with Gasteiger partial charge in [-0.3, -0.25) is 4.79 Å². The number of nitrogens with two attached hydrogens (primary N) is 1. The van der Waals surface area contributed by atoms with Crippen molar-refractivity contribution >= 4 is 11.6 Å². The maximum Gasteiger partial charge on any atom is 0.267 e. The van der Waals surface area contributed by atoms with Gasteiger partial charge in [0.05, 0.1) is 5.69 Å². The van der Waals surface area contributed by atoms with Crippen molar-refractivity contribution in [3.05, 3.63) is 18.0 Å². The SMILES string of the molecule is CCCn1cc(N)cc1C(=O)NCCCOC. The van der Waals surface area contributed by atoms with Crippen molar-refractivity contribution in [3.8, 4) is 0 Å². The second-order valence-corrected chi connectivity index (χ2v) is 3.95. The predicted octanol–water partition coefficient (Wildman–Crippen LogP) is 1.25. The van der Waals surface area contributed by atoms with Gasteiger partial charge in [-0.2, -0.15) is 0 Å². The highest BCUT2D eigenvalue weighted by atomic mass is 16.5. The molecule has 0 fully saturated rings. The van der Waals surface area contributed by atoms with E-state index in [-0.39, 0.29) is 5.91 Å². The summed E-state index contributed by atoms with van der Waals surface area (Å²) in [6.45, 7) is 4.14. The summed E-state index contributed by atoms with van der Waals surface area (Å²) in [6.07, 6.45) is 3.58. The lowest BCUT2D eigenvalue weighted by Crippen LogP contribution is -2.27. The van der Waals surface area contributed by atoms with Crippen LogP contribution in [-0.4, -0.2) is 30.7 Å². The van der Waals surface area contributed by atoms with Gasteiger partial charge < -0.3 is 20.4 Å². The minimum absolute atomic E-state index is 0.0775. The van der Waals surface area contributed by atoms with Crippen LogP contribution in [0.1, 0.15) is 30.3 Å².